The maximum absolute atomic E-state index is 11.6. The molecular weight excluding hydrogens is 256 g/mol. The van der Waals surface area contributed by atoms with Gasteiger partial charge < -0.3 is 10.6 Å². The van der Waals surface area contributed by atoms with E-state index in [-0.39, 0.29) is 35.6 Å². The molecule has 18 heavy (non-hydrogen) atoms. The Morgan fingerprint density at radius 1 is 1.33 bits per heavy atom. The van der Waals surface area contributed by atoms with Gasteiger partial charge in [-0.1, -0.05) is 11.6 Å². The predicted molar refractivity (Wildman–Crippen MR) is 65.2 cm³/mol. The van der Waals surface area contributed by atoms with Gasteiger partial charge in [-0.3, -0.25) is 9.59 Å². The highest BCUT2D eigenvalue weighted by atomic mass is 35.5. The van der Waals surface area contributed by atoms with E-state index in [4.69, 9.17) is 11.6 Å². The third kappa shape index (κ3) is 3.96. The van der Waals surface area contributed by atoms with E-state index in [1.165, 1.54) is 12.1 Å². The topological polar surface area (TPSA) is 84.0 Å². The van der Waals surface area contributed by atoms with Gasteiger partial charge in [-0.15, -0.1) is 10.2 Å². The summed E-state index contributed by atoms with van der Waals surface area (Å²) in [7, 11) is 0. The van der Waals surface area contributed by atoms with Crippen molar-refractivity contribution in [3.63, 3.8) is 0 Å². The number of hydrogen-bond acceptors (Lipinski definition) is 4. The molecule has 0 spiro atoms. The average Bonchev–Trinajstić information content (AvgIpc) is 3.13. The van der Waals surface area contributed by atoms with E-state index >= 15 is 0 Å². The Labute approximate surface area is 109 Å². The van der Waals surface area contributed by atoms with Crippen LogP contribution in [0.15, 0.2) is 12.1 Å². The number of aromatic nitrogens is 2. The molecule has 0 saturated heterocycles. The second-order valence-electron chi connectivity index (χ2n) is 4.09. The lowest BCUT2D eigenvalue weighted by Gasteiger charge is -2.05. The minimum absolute atomic E-state index is 0.0417. The third-order valence-electron chi connectivity index (χ3n) is 2.44. The molecule has 2 amide bonds. The molecule has 1 heterocycles. The molecule has 6 nitrogen and oxygen atoms in total. The number of amides is 2. The quantitative estimate of drug-likeness (QED) is 0.816. The van der Waals surface area contributed by atoms with Crippen LogP contribution in [0.1, 0.15) is 29.8 Å². The Balaban J connectivity index is 1.70. The molecule has 1 aliphatic rings. The van der Waals surface area contributed by atoms with Crippen molar-refractivity contribution in [2.45, 2.75) is 25.3 Å². The molecule has 2 N–H and O–H groups in total. The largest absolute Gasteiger partial charge is 0.353 e. The summed E-state index contributed by atoms with van der Waals surface area (Å²) in [5.74, 6) is -0.404. The zero-order valence-electron chi connectivity index (χ0n) is 9.65. The molecule has 1 saturated carbocycles. The molecule has 0 aliphatic heterocycles. The minimum atomic E-state index is -0.363. The second-order valence-corrected chi connectivity index (χ2v) is 4.48. The van der Waals surface area contributed by atoms with Crippen molar-refractivity contribution < 1.29 is 9.59 Å². The number of nitrogens with one attached hydrogen (secondary N) is 2. The molecule has 2 rings (SSSR count). The fraction of sp³-hybridized carbons (Fsp3) is 0.455. The highest BCUT2D eigenvalue weighted by molar-refractivity contribution is 6.29. The average molecular weight is 269 g/mol. The van der Waals surface area contributed by atoms with Crippen LogP contribution in [0, 0.1) is 0 Å². The first-order valence-electron chi connectivity index (χ1n) is 5.72. The van der Waals surface area contributed by atoms with E-state index in [9.17, 15) is 9.59 Å². The lowest BCUT2D eigenvalue weighted by molar-refractivity contribution is -0.121. The number of carbonyl (C=O) groups is 2. The highest BCUT2D eigenvalue weighted by Gasteiger charge is 2.22. The van der Waals surface area contributed by atoms with Gasteiger partial charge in [0, 0.05) is 19.0 Å². The number of nitrogens with zero attached hydrogens (tertiary/aromatic N) is 2. The summed E-state index contributed by atoms with van der Waals surface area (Å²) in [6, 6.07) is 3.31. The Kier molecular flexibility index (Phi) is 4.09. The van der Waals surface area contributed by atoms with E-state index in [0.29, 0.717) is 6.04 Å². The van der Waals surface area contributed by atoms with Crippen LogP contribution in [-0.2, 0) is 4.79 Å². The van der Waals surface area contributed by atoms with Crippen molar-refractivity contribution in [1.29, 1.82) is 0 Å². The third-order valence-corrected chi connectivity index (χ3v) is 2.65. The van der Waals surface area contributed by atoms with E-state index in [0.717, 1.165) is 12.8 Å². The van der Waals surface area contributed by atoms with Crippen molar-refractivity contribution in [2.24, 2.45) is 0 Å². The molecule has 0 aromatic carbocycles. The summed E-state index contributed by atoms with van der Waals surface area (Å²) in [6.45, 7) is 0.279. The number of carbonyl (C=O) groups excluding carboxylic acids is 2. The standard InChI is InChI=1S/C11H13ClN4O2/c12-9-4-3-8(15-16-9)11(18)13-6-5-10(17)14-7-1-2-7/h3-4,7H,1-2,5-6H2,(H,13,18)(H,14,17). The summed E-state index contributed by atoms with van der Waals surface area (Å²) in [4.78, 5) is 22.9. The summed E-state index contributed by atoms with van der Waals surface area (Å²) < 4.78 is 0. The van der Waals surface area contributed by atoms with Crippen molar-refractivity contribution in [3.8, 4) is 0 Å². The molecule has 0 bridgehead atoms. The van der Waals surface area contributed by atoms with Crippen molar-refractivity contribution in [1.82, 2.24) is 20.8 Å². The Morgan fingerprint density at radius 2 is 2.11 bits per heavy atom. The molecule has 1 aromatic heterocycles. The minimum Gasteiger partial charge on any atom is -0.353 e. The van der Waals surface area contributed by atoms with E-state index in [2.05, 4.69) is 20.8 Å². The van der Waals surface area contributed by atoms with Crippen LogP contribution in [0.2, 0.25) is 5.15 Å². The van der Waals surface area contributed by atoms with Gasteiger partial charge in [0.25, 0.3) is 5.91 Å². The van der Waals surface area contributed by atoms with Gasteiger partial charge in [0.15, 0.2) is 10.8 Å². The molecule has 1 aliphatic carbocycles. The van der Waals surface area contributed by atoms with Crippen LogP contribution in [0.3, 0.4) is 0 Å². The first-order chi connectivity index (χ1) is 8.65. The SMILES string of the molecule is O=C(CCNC(=O)c1ccc(Cl)nn1)NC1CC1. The summed E-state index contributed by atoms with van der Waals surface area (Å²) in [5, 5.41) is 12.9. The Bertz CT molecular complexity index is 445. The molecule has 0 radical (unpaired) electrons. The van der Waals surface area contributed by atoms with Crippen LogP contribution in [0.5, 0.6) is 0 Å². The molecule has 0 atom stereocenters. The highest BCUT2D eigenvalue weighted by Crippen LogP contribution is 2.18. The van der Waals surface area contributed by atoms with E-state index in [1.54, 1.807) is 0 Å². The van der Waals surface area contributed by atoms with Gasteiger partial charge in [0.1, 0.15) is 0 Å². The van der Waals surface area contributed by atoms with Crippen LogP contribution in [0.4, 0.5) is 0 Å². The molecule has 96 valence electrons. The van der Waals surface area contributed by atoms with Gasteiger partial charge in [-0.2, -0.15) is 0 Å². The Hall–Kier alpha value is -1.69. The monoisotopic (exact) mass is 268 g/mol. The number of halogens is 1. The van der Waals surface area contributed by atoms with Gasteiger partial charge in [0.2, 0.25) is 5.91 Å². The van der Waals surface area contributed by atoms with Crippen molar-refractivity contribution >= 4 is 23.4 Å². The molecule has 1 aromatic rings. The normalized spacial score (nSPS) is 14.1. The molecule has 1 fully saturated rings. The van der Waals surface area contributed by atoms with Gasteiger partial charge in [-0.05, 0) is 25.0 Å². The van der Waals surface area contributed by atoms with Crippen molar-refractivity contribution in [3.05, 3.63) is 23.0 Å². The predicted octanol–water partition coefficient (Wildman–Crippen LogP) is 0.528. The van der Waals surface area contributed by atoms with Crippen LogP contribution in [0.25, 0.3) is 0 Å². The number of hydrogen-bond donors (Lipinski definition) is 2. The zero-order valence-corrected chi connectivity index (χ0v) is 10.4. The number of rotatable bonds is 5. The molecular formula is C11H13ClN4O2. The van der Waals surface area contributed by atoms with E-state index in [1.807, 2.05) is 0 Å². The molecule has 7 heteroatoms. The van der Waals surface area contributed by atoms with E-state index < -0.39 is 0 Å². The summed E-state index contributed by atoms with van der Waals surface area (Å²) >= 11 is 5.56. The Morgan fingerprint density at radius 3 is 2.72 bits per heavy atom. The fourth-order valence-corrected chi connectivity index (χ4v) is 1.45. The first kappa shape index (κ1) is 12.8. The lowest BCUT2D eigenvalue weighted by atomic mass is 10.3. The van der Waals surface area contributed by atoms with Gasteiger partial charge in [-0.25, -0.2) is 0 Å². The summed E-state index contributed by atoms with van der Waals surface area (Å²) in [5.41, 5.74) is 0.182. The smallest absolute Gasteiger partial charge is 0.271 e. The van der Waals surface area contributed by atoms with Gasteiger partial charge >= 0.3 is 0 Å². The summed E-state index contributed by atoms with van der Waals surface area (Å²) in [6.07, 6.45) is 2.38. The van der Waals surface area contributed by atoms with Gasteiger partial charge in [0.05, 0.1) is 0 Å². The molecule has 0 unspecified atom stereocenters. The fourth-order valence-electron chi connectivity index (χ4n) is 1.34. The maximum Gasteiger partial charge on any atom is 0.271 e. The van der Waals surface area contributed by atoms with Crippen LogP contribution in [-0.4, -0.2) is 34.6 Å². The first-order valence-corrected chi connectivity index (χ1v) is 6.10. The lowest BCUT2D eigenvalue weighted by Crippen LogP contribution is -2.32. The van der Waals surface area contributed by atoms with Crippen molar-refractivity contribution in [2.75, 3.05) is 6.54 Å². The van der Waals surface area contributed by atoms with Crippen LogP contribution >= 0.6 is 11.6 Å². The zero-order chi connectivity index (χ0) is 13.0. The maximum atomic E-state index is 11.6. The second kappa shape index (κ2) is 5.77. The van der Waals surface area contributed by atoms with Crippen LogP contribution < -0.4 is 10.6 Å².